The number of phenolic OH excluding ortho intramolecular Hbond substituents is 1. The van der Waals surface area contributed by atoms with Crippen LogP contribution in [0.15, 0.2) is 18.2 Å². The molecule has 1 N–H and O–H groups in total. The van der Waals surface area contributed by atoms with Crippen LogP contribution in [0.5, 0.6) is 11.5 Å². The molecule has 1 saturated heterocycles. The highest BCUT2D eigenvalue weighted by Gasteiger charge is 2.53. The first kappa shape index (κ1) is 27.9. The lowest BCUT2D eigenvalue weighted by molar-refractivity contribution is -0.288. The smallest absolute Gasteiger partial charge is 0.303 e. The van der Waals surface area contributed by atoms with E-state index in [2.05, 4.69) is 0 Å². The summed E-state index contributed by atoms with van der Waals surface area (Å²) in [5.41, 5.74) is 0.158. The molecule has 0 saturated carbocycles. The molecule has 0 spiro atoms. The summed E-state index contributed by atoms with van der Waals surface area (Å²) in [5.74, 6) is -2.49. The SMILES string of the molecule is CC(=O)OC[C@@H]1O[C@@H](Oc2ccc(O)c(C(C)(C)C)c2)[C@H](OC(C)=O)[C@@H](OC(C)=O)[C@H]1OC(C)=O. The van der Waals surface area contributed by atoms with Gasteiger partial charge in [-0.15, -0.1) is 0 Å². The average molecular weight is 497 g/mol. The average Bonchev–Trinajstić information content (AvgIpc) is 2.70. The quantitative estimate of drug-likeness (QED) is 0.438. The van der Waals surface area contributed by atoms with Gasteiger partial charge in [0, 0.05) is 33.3 Å². The largest absolute Gasteiger partial charge is 0.508 e. The van der Waals surface area contributed by atoms with E-state index >= 15 is 0 Å². The molecule has 35 heavy (non-hydrogen) atoms. The van der Waals surface area contributed by atoms with E-state index in [-0.39, 0.29) is 18.1 Å². The van der Waals surface area contributed by atoms with Crippen LogP contribution in [0, 0.1) is 0 Å². The van der Waals surface area contributed by atoms with Gasteiger partial charge in [-0.05, 0) is 23.6 Å². The molecule has 1 heterocycles. The van der Waals surface area contributed by atoms with Gasteiger partial charge in [0.2, 0.25) is 12.4 Å². The minimum absolute atomic E-state index is 0.0615. The van der Waals surface area contributed by atoms with Gasteiger partial charge in [-0.25, -0.2) is 0 Å². The number of rotatable bonds is 7. The maximum absolute atomic E-state index is 11.9. The van der Waals surface area contributed by atoms with Crippen molar-refractivity contribution in [3.8, 4) is 11.5 Å². The van der Waals surface area contributed by atoms with Crippen LogP contribution in [0.4, 0.5) is 0 Å². The van der Waals surface area contributed by atoms with Crippen LogP contribution in [0.2, 0.25) is 0 Å². The molecular formula is C24H32O11. The van der Waals surface area contributed by atoms with Gasteiger partial charge in [0.25, 0.3) is 0 Å². The van der Waals surface area contributed by atoms with Gasteiger partial charge < -0.3 is 33.5 Å². The highest BCUT2D eigenvalue weighted by atomic mass is 16.7. The second-order valence-corrected chi connectivity index (χ2v) is 9.11. The van der Waals surface area contributed by atoms with Crippen molar-refractivity contribution in [3.63, 3.8) is 0 Å². The molecule has 0 amide bonds. The predicted molar refractivity (Wildman–Crippen MR) is 119 cm³/mol. The van der Waals surface area contributed by atoms with Crippen LogP contribution in [0.1, 0.15) is 54.0 Å². The second-order valence-electron chi connectivity index (χ2n) is 9.11. The molecule has 1 fully saturated rings. The number of ether oxygens (including phenoxy) is 6. The molecule has 5 atom stereocenters. The Labute approximate surface area is 203 Å². The van der Waals surface area contributed by atoms with Crippen molar-refractivity contribution >= 4 is 23.9 Å². The molecule has 0 aliphatic carbocycles. The zero-order valence-electron chi connectivity index (χ0n) is 20.9. The van der Waals surface area contributed by atoms with Gasteiger partial charge in [-0.3, -0.25) is 19.2 Å². The van der Waals surface area contributed by atoms with E-state index in [1.54, 1.807) is 6.07 Å². The maximum Gasteiger partial charge on any atom is 0.303 e. The summed E-state index contributed by atoms with van der Waals surface area (Å²) in [6.45, 7) is 9.96. The molecule has 11 heteroatoms. The molecule has 1 aromatic carbocycles. The fourth-order valence-corrected chi connectivity index (χ4v) is 3.61. The molecule has 0 unspecified atom stereocenters. The predicted octanol–water partition coefficient (Wildman–Crippen LogP) is 2.15. The van der Waals surface area contributed by atoms with Crippen LogP contribution in [0.3, 0.4) is 0 Å². The Morgan fingerprint density at radius 1 is 0.857 bits per heavy atom. The minimum atomic E-state index is -1.35. The van der Waals surface area contributed by atoms with Crippen molar-refractivity contribution in [2.75, 3.05) is 6.61 Å². The Morgan fingerprint density at radius 3 is 1.91 bits per heavy atom. The molecule has 11 nitrogen and oxygen atoms in total. The Balaban J connectivity index is 2.51. The molecule has 1 aliphatic rings. The van der Waals surface area contributed by atoms with Gasteiger partial charge in [-0.1, -0.05) is 20.8 Å². The van der Waals surface area contributed by atoms with E-state index in [9.17, 15) is 24.3 Å². The minimum Gasteiger partial charge on any atom is -0.508 e. The van der Waals surface area contributed by atoms with Crippen molar-refractivity contribution in [2.45, 2.75) is 84.6 Å². The molecule has 1 aromatic rings. The Morgan fingerprint density at radius 2 is 1.40 bits per heavy atom. The van der Waals surface area contributed by atoms with Crippen molar-refractivity contribution in [1.82, 2.24) is 0 Å². The normalized spacial score (nSPS) is 24.1. The van der Waals surface area contributed by atoms with Crippen LogP contribution in [-0.2, 0) is 48.3 Å². The van der Waals surface area contributed by atoms with Gasteiger partial charge in [0.15, 0.2) is 12.2 Å². The number of carbonyl (C=O) groups is 4. The first-order valence-corrected chi connectivity index (χ1v) is 11.0. The van der Waals surface area contributed by atoms with Crippen molar-refractivity contribution < 1.29 is 52.7 Å². The lowest BCUT2D eigenvalue weighted by atomic mass is 9.86. The topological polar surface area (TPSA) is 144 Å². The number of esters is 4. The molecule has 0 aromatic heterocycles. The summed E-state index contributed by atoms with van der Waals surface area (Å²) in [7, 11) is 0. The zero-order chi connectivity index (χ0) is 26.5. The van der Waals surface area contributed by atoms with Crippen LogP contribution < -0.4 is 4.74 Å². The molecule has 1 aliphatic heterocycles. The third-order valence-electron chi connectivity index (χ3n) is 4.98. The van der Waals surface area contributed by atoms with E-state index in [4.69, 9.17) is 28.4 Å². The number of carbonyl (C=O) groups excluding carboxylic acids is 4. The van der Waals surface area contributed by atoms with Gasteiger partial charge in [0.1, 0.15) is 24.2 Å². The highest BCUT2D eigenvalue weighted by molar-refractivity contribution is 5.68. The standard InChI is InChI=1S/C24H32O11/c1-12(25)30-11-19-20(31-13(2)26)21(32-14(3)27)22(33-15(4)28)23(35-19)34-16-8-9-18(29)17(10-16)24(5,6)7/h8-10,19-23,29H,11H2,1-7H3/t19-,20-,21-,22+,23+/m0/s1. The molecule has 0 radical (unpaired) electrons. The van der Waals surface area contributed by atoms with Gasteiger partial charge >= 0.3 is 23.9 Å². The highest BCUT2D eigenvalue weighted by Crippen LogP contribution is 2.36. The van der Waals surface area contributed by atoms with E-state index in [0.717, 1.165) is 20.8 Å². The third kappa shape index (κ3) is 7.84. The third-order valence-corrected chi connectivity index (χ3v) is 4.98. The first-order chi connectivity index (χ1) is 16.2. The van der Waals surface area contributed by atoms with Gasteiger partial charge in [0.05, 0.1) is 0 Å². The number of phenols is 1. The summed E-state index contributed by atoms with van der Waals surface area (Å²) in [6.07, 6.45) is -6.43. The van der Waals surface area contributed by atoms with Crippen LogP contribution in [-0.4, -0.2) is 66.3 Å². The van der Waals surface area contributed by atoms with E-state index in [0.29, 0.717) is 5.56 Å². The fraction of sp³-hybridized carbons (Fsp3) is 0.583. The first-order valence-electron chi connectivity index (χ1n) is 11.0. The number of benzene rings is 1. The van der Waals surface area contributed by atoms with E-state index in [1.807, 2.05) is 20.8 Å². The summed E-state index contributed by atoms with van der Waals surface area (Å²) in [5, 5.41) is 10.3. The Hall–Kier alpha value is -3.34. The summed E-state index contributed by atoms with van der Waals surface area (Å²) < 4.78 is 33.1. The molecule has 2 rings (SSSR count). The maximum atomic E-state index is 11.9. The fourth-order valence-electron chi connectivity index (χ4n) is 3.61. The molecule has 194 valence electrons. The zero-order valence-corrected chi connectivity index (χ0v) is 20.9. The lowest BCUT2D eigenvalue weighted by Crippen LogP contribution is -2.63. The monoisotopic (exact) mass is 496 g/mol. The lowest BCUT2D eigenvalue weighted by Gasteiger charge is -2.44. The second kappa shape index (κ2) is 11.4. The van der Waals surface area contributed by atoms with Gasteiger partial charge in [-0.2, -0.15) is 0 Å². The van der Waals surface area contributed by atoms with Crippen molar-refractivity contribution in [2.24, 2.45) is 0 Å². The molecular weight excluding hydrogens is 464 g/mol. The summed E-state index contributed by atoms with van der Waals surface area (Å²) in [6, 6.07) is 4.53. The van der Waals surface area contributed by atoms with Crippen LogP contribution in [0.25, 0.3) is 0 Å². The number of aromatic hydroxyl groups is 1. The van der Waals surface area contributed by atoms with E-state index in [1.165, 1.54) is 19.1 Å². The summed E-state index contributed by atoms with van der Waals surface area (Å²) in [4.78, 5) is 47.0. The number of hydrogen-bond acceptors (Lipinski definition) is 11. The summed E-state index contributed by atoms with van der Waals surface area (Å²) >= 11 is 0. The van der Waals surface area contributed by atoms with E-state index < -0.39 is 60.0 Å². The molecule has 0 bridgehead atoms. The van der Waals surface area contributed by atoms with Crippen molar-refractivity contribution in [1.29, 1.82) is 0 Å². The Kier molecular flexibility index (Phi) is 9.08. The number of hydrogen-bond donors (Lipinski definition) is 1. The van der Waals surface area contributed by atoms with Crippen molar-refractivity contribution in [3.05, 3.63) is 23.8 Å². The Bertz CT molecular complexity index is 949. The van der Waals surface area contributed by atoms with Crippen LogP contribution >= 0.6 is 0 Å².